The summed E-state index contributed by atoms with van der Waals surface area (Å²) in [6.07, 6.45) is -0.727. The lowest BCUT2D eigenvalue weighted by atomic mass is 10.1. The van der Waals surface area contributed by atoms with Gasteiger partial charge >= 0.3 is 6.09 Å². The Bertz CT molecular complexity index is 860. The highest BCUT2D eigenvalue weighted by Crippen LogP contribution is 2.26. The number of nitrogens with zero attached hydrogens (tertiary/aromatic N) is 3. The second-order valence-corrected chi connectivity index (χ2v) is 5.22. The van der Waals surface area contributed by atoms with E-state index in [2.05, 4.69) is 15.7 Å². The Hall–Kier alpha value is -3.27. The van der Waals surface area contributed by atoms with Crippen molar-refractivity contribution < 1.29 is 19.2 Å². The summed E-state index contributed by atoms with van der Waals surface area (Å²) in [4.78, 5) is 35.1. The molecule has 130 valence electrons. The van der Waals surface area contributed by atoms with Gasteiger partial charge < -0.3 is 15.4 Å². The topological polar surface area (TPSA) is 128 Å². The van der Waals surface area contributed by atoms with E-state index in [1.165, 1.54) is 24.3 Å². The van der Waals surface area contributed by atoms with Crippen LogP contribution in [0.1, 0.15) is 28.5 Å². The predicted molar refractivity (Wildman–Crippen MR) is 86.2 cm³/mol. The lowest BCUT2D eigenvalue weighted by molar-refractivity contribution is -0.385. The van der Waals surface area contributed by atoms with Crippen LogP contribution in [0.4, 0.5) is 16.3 Å². The quantitative estimate of drug-likeness (QED) is 0.637. The lowest BCUT2D eigenvalue weighted by Crippen LogP contribution is -2.23. The van der Waals surface area contributed by atoms with Crippen molar-refractivity contribution in [2.45, 2.75) is 20.0 Å². The molecule has 0 bridgehead atoms. The summed E-state index contributed by atoms with van der Waals surface area (Å²) < 4.78 is 5.91. The molecule has 1 aromatic carbocycles. The molecule has 2 aromatic rings. The molecule has 10 heteroatoms. The number of nitro benzene ring substituents is 1. The number of para-hydroxylation sites is 1. The second kappa shape index (κ2) is 6.69. The Labute approximate surface area is 141 Å². The maximum Gasteiger partial charge on any atom is 0.436 e. The zero-order chi connectivity index (χ0) is 18.0. The van der Waals surface area contributed by atoms with Crippen molar-refractivity contribution >= 4 is 23.5 Å². The van der Waals surface area contributed by atoms with Crippen LogP contribution in [0, 0.1) is 10.1 Å². The molecule has 0 saturated heterocycles. The molecule has 10 nitrogen and oxygen atoms in total. The monoisotopic (exact) mass is 345 g/mol. The number of nitro groups is 1. The maximum atomic E-state index is 12.5. The van der Waals surface area contributed by atoms with Crippen molar-refractivity contribution in [1.82, 2.24) is 15.1 Å². The lowest BCUT2D eigenvalue weighted by Gasteiger charge is -2.10. The molecule has 0 unspecified atom stereocenters. The Kier molecular flexibility index (Phi) is 4.44. The first-order chi connectivity index (χ1) is 12.0. The standard InChI is InChI=1S/C15H15N5O5/c1-2-25-15(22)19-13(10-7-16-8-11(10)18-19)17-14(21)9-5-3-4-6-12(9)20(23)24/h3-6,16H,2,7-8H2,1H3,(H,17,21). The molecule has 0 spiro atoms. The molecule has 1 aliphatic rings. The fraction of sp³-hybridized carbons (Fsp3) is 0.267. The van der Waals surface area contributed by atoms with E-state index in [0.717, 1.165) is 4.68 Å². The minimum Gasteiger partial charge on any atom is -0.448 e. The van der Waals surface area contributed by atoms with Gasteiger partial charge in [-0.1, -0.05) is 12.1 Å². The van der Waals surface area contributed by atoms with Gasteiger partial charge in [0.05, 0.1) is 17.2 Å². The highest BCUT2D eigenvalue weighted by molar-refractivity contribution is 6.07. The number of hydrogen-bond donors (Lipinski definition) is 2. The van der Waals surface area contributed by atoms with E-state index < -0.39 is 16.9 Å². The van der Waals surface area contributed by atoms with Gasteiger partial charge in [-0.3, -0.25) is 14.9 Å². The van der Waals surface area contributed by atoms with Crippen LogP contribution in [0.5, 0.6) is 0 Å². The third kappa shape index (κ3) is 3.06. The molecular formula is C15H15N5O5. The van der Waals surface area contributed by atoms with Crippen molar-refractivity contribution in [3.63, 3.8) is 0 Å². The van der Waals surface area contributed by atoms with Crippen LogP contribution in [0.25, 0.3) is 0 Å². The smallest absolute Gasteiger partial charge is 0.436 e. The third-order valence-electron chi connectivity index (χ3n) is 3.68. The summed E-state index contributed by atoms with van der Waals surface area (Å²) in [6, 6.07) is 5.58. The normalized spacial score (nSPS) is 12.5. The maximum absolute atomic E-state index is 12.5. The fourth-order valence-corrected chi connectivity index (χ4v) is 2.57. The van der Waals surface area contributed by atoms with Crippen molar-refractivity contribution in [3.05, 3.63) is 51.2 Å². The summed E-state index contributed by atoms with van der Waals surface area (Å²) in [5.41, 5.74) is 0.840. The van der Waals surface area contributed by atoms with Crippen molar-refractivity contribution in [2.24, 2.45) is 0 Å². The first kappa shape index (κ1) is 16.6. The van der Waals surface area contributed by atoms with Gasteiger partial charge in [-0.15, -0.1) is 4.68 Å². The number of nitrogens with one attached hydrogen (secondary N) is 2. The van der Waals surface area contributed by atoms with Gasteiger partial charge in [-0.25, -0.2) is 4.79 Å². The summed E-state index contributed by atoms with van der Waals surface area (Å²) in [5, 5.41) is 20.9. The Morgan fingerprint density at radius 2 is 2.16 bits per heavy atom. The summed E-state index contributed by atoms with van der Waals surface area (Å²) in [7, 11) is 0. The molecular weight excluding hydrogens is 330 g/mol. The van der Waals surface area contributed by atoms with Gasteiger partial charge in [0.15, 0.2) is 0 Å². The average molecular weight is 345 g/mol. The van der Waals surface area contributed by atoms with E-state index in [1.807, 2.05) is 0 Å². The van der Waals surface area contributed by atoms with Gasteiger partial charge in [0.25, 0.3) is 11.6 Å². The van der Waals surface area contributed by atoms with E-state index in [-0.39, 0.29) is 23.7 Å². The number of anilines is 1. The van der Waals surface area contributed by atoms with Gasteiger partial charge in [-0.05, 0) is 13.0 Å². The Morgan fingerprint density at radius 3 is 2.88 bits per heavy atom. The van der Waals surface area contributed by atoms with Crippen LogP contribution in [0.15, 0.2) is 24.3 Å². The molecule has 0 aliphatic carbocycles. The average Bonchev–Trinajstić information content (AvgIpc) is 3.17. The zero-order valence-corrected chi connectivity index (χ0v) is 13.3. The number of carbonyl (C=O) groups excluding carboxylic acids is 2. The van der Waals surface area contributed by atoms with Crippen molar-refractivity contribution in [2.75, 3.05) is 11.9 Å². The van der Waals surface area contributed by atoms with Gasteiger partial charge in [0, 0.05) is 24.7 Å². The Balaban J connectivity index is 1.97. The van der Waals surface area contributed by atoms with Crippen LogP contribution in [-0.4, -0.2) is 33.3 Å². The second-order valence-electron chi connectivity index (χ2n) is 5.22. The molecule has 0 atom stereocenters. The molecule has 3 rings (SSSR count). The van der Waals surface area contributed by atoms with Gasteiger partial charge in [0.2, 0.25) is 0 Å². The number of amides is 1. The van der Waals surface area contributed by atoms with Crippen molar-refractivity contribution in [3.8, 4) is 0 Å². The highest BCUT2D eigenvalue weighted by Gasteiger charge is 2.28. The zero-order valence-electron chi connectivity index (χ0n) is 13.3. The Morgan fingerprint density at radius 1 is 1.40 bits per heavy atom. The largest absolute Gasteiger partial charge is 0.448 e. The number of rotatable bonds is 4. The van der Waals surface area contributed by atoms with E-state index >= 15 is 0 Å². The molecule has 0 fully saturated rings. The number of aromatic nitrogens is 2. The number of benzene rings is 1. The fourth-order valence-electron chi connectivity index (χ4n) is 2.57. The molecule has 1 amide bonds. The van der Waals surface area contributed by atoms with Crippen LogP contribution in [0.2, 0.25) is 0 Å². The third-order valence-corrected chi connectivity index (χ3v) is 3.68. The summed E-state index contributed by atoms with van der Waals surface area (Å²) in [6.45, 7) is 2.68. The van der Waals surface area contributed by atoms with Crippen LogP contribution in [-0.2, 0) is 17.8 Å². The molecule has 0 radical (unpaired) electrons. The SMILES string of the molecule is CCOC(=O)n1nc2c(c1NC(=O)c1ccccc1[N+](=O)[O-])CNC2. The summed E-state index contributed by atoms with van der Waals surface area (Å²) >= 11 is 0. The van der Waals surface area contributed by atoms with Gasteiger partial charge in [0.1, 0.15) is 11.4 Å². The van der Waals surface area contributed by atoms with Crippen LogP contribution < -0.4 is 10.6 Å². The first-order valence-corrected chi connectivity index (χ1v) is 7.56. The first-order valence-electron chi connectivity index (χ1n) is 7.56. The van der Waals surface area contributed by atoms with E-state index in [0.29, 0.717) is 24.3 Å². The number of hydrogen-bond acceptors (Lipinski definition) is 7. The highest BCUT2D eigenvalue weighted by atomic mass is 16.6. The molecule has 25 heavy (non-hydrogen) atoms. The van der Waals surface area contributed by atoms with Gasteiger partial charge in [-0.2, -0.15) is 5.10 Å². The number of fused-ring (bicyclic) bond motifs is 1. The molecule has 2 N–H and O–H groups in total. The van der Waals surface area contributed by atoms with Crippen LogP contribution >= 0.6 is 0 Å². The minimum absolute atomic E-state index is 0.108. The van der Waals surface area contributed by atoms with Crippen LogP contribution in [0.3, 0.4) is 0 Å². The molecule has 0 saturated carbocycles. The summed E-state index contributed by atoms with van der Waals surface area (Å²) in [5.74, 6) is -0.547. The molecule has 1 aliphatic heterocycles. The molecule has 1 aromatic heterocycles. The van der Waals surface area contributed by atoms with Crippen molar-refractivity contribution in [1.29, 1.82) is 0 Å². The van der Waals surface area contributed by atoms with E-state index in [4.69, 9.17) is 4.74 Å². The van der Waals surface area contributed by atoms with E-state index in [9.17, 15) is 19.7 Å². The minimum atomic E-state index is -0.727. The predicted octanol–water partition coefficient (Wildman–Crippen LogP) is 1.65. The van der Waals surface area contributed by atoms with E-state index in [1.54, 1.807) is 6.92 Å². The number of carbonyl (C=O) groups is 2. The molecule has 2 heterocycles. The number of ether oxygens (including phenoxy) is 1.